The van der Waals surface area contributed by atoms with Gasteiger partial charge in [-0.3, -0.25) is 0 Å². The molecular formula is C13H22N4O. The smallest absolute Gasteiger partial charge is 0.132 e. The molecule has 1 unspecified atom stereocenters. The van der Waals surface area contributed by atoms with Crippen LogP contribution in [0.1, 0.15) is 19.3 Å². The van der Waals surface area contributed by atoms with Gasteiger partial charge in [-0.05, 0) is 25.3 Å². The molecule has 1 saturated heterocycles. The first-order valence-electron chi connectivity index (χ1n) is 6.64. The Labute approximate surface area is 109 Å². The topological polar surface area (TPSA) is 50.3 Å². The van der Waals surface area contributed by atoms with E-state index in [1.165, 1.54) is 19.3 Å². The molecule has 1 aromatic heterocycles. The number of ether oxygens (including phenoxy) is 1. The van der Waals surface area contributed by atoms with Crippen molar-refractivity contribution < 1.29 is 4.74 Å². The van der Waals surface area contributed by atoms with Crippen LogP contribution in [0.4, 0.5) is 5.82 Å². The molecule has 5 heteroatoms. The van der Waals surface area contributed by atoms with Gasteiger partial charge in [-0.15, -0.1) is 0 Å². The van der Waals surface area contributed by atoms with Gasteiger partial charge in [-0.2, -0.15) is 0 Å². The minimum atomic E-state index is 0.533. The molecule has 1 aromatic rings. The Morgan fingerprint density at radius 2 is 2.44 bits per heavy atom. The number of nitrogens with zero attached hydrogens (tertiary/aromatic N) is 3. The highest BCUT2D eigenvalue weighted by Crippen LogP contribution is 2.21. The summed E-state index contributed by atoms with van der Waals surface area (Å²) in [6.45, 7) is 3.76. The number of piperidine rings is 1. The van der Waals surface area contributed by atoms with Crippen LogP contribution in [0.25, 0.3) is 0 Å². The Hall–Kier alpha value is -1.20. The van der Waals surface area contributed by atoms with Crippen LogP contribution < -0.4 is 10.2 Å². The molecule has 1 aliphatic rings. The van der Waals surface area contributed by atoms with Crippen LogP contribution in [0.5, 0.6) is 0 Å². The third-order valence-electron chi connectivity index (χ3n) is 3.35. The van der Waals surface area contributed by atoms with Crippen LogP contribution in [0.15, 0.2) is 18.6 Å². The third kappa shape index (κ3) is 3.65. The average Bonchev–Trinajstić information content (AvgIpc) is 2.45. The Balaban J connectivity index is 1.90. The van der Waals surface area contributed by atoms with Crippen LogP contribution >= 0.6 is 0 Å². The van der Waals surface area contributed by atoms with E-state index in [1.54, 1.807) is 13.4 Å². The van der Waals surface area contributed by atoms with Crippen molar-refractivity contribution in [1.82, 2.24) is 15.3 Å². The van der Waals surface area contributed by atoms with Crippen molar-refractivity contribution in [2.24, 2.45) is 0 Å². The van der Waals surface area contributed by atoms with E-state index in [9.17, 15) is 0 Å². The van der Waals surface area contributed by atoms with Gasteiger partial charge < -0.3 is 15.0 Å². The second-order valence-electron chi connectivity index (χ2n) is 4.61. The van der Waals surface area contributed by atoms with Crippen molar-refractivity contribution in [3.05, 3.63) is 18.6 Å². The molecule has 0 saturated carbocycles. The summed E-state index contributed by atoms with van der Waals surface area (Å²) in [5.74, 6) is 1.04. The molecule has 0 bridgehead atoms. The standard InChI is InChI=1S/C13H22N4O/c1-18-9-7-14-10-12-4-2-3-8-17(12)13-5-6-15-11-16-13/h5-6,11-12,14H,2-4,7-10H2,1H3. The third-order valence-corrected chi connectivity index (χ3v) is 3.35. The van der Waals surface area contributed by atoms with Crippen LogP contribution in [0.2, 0.25) is 0 Å². The van der Waals surface area contributed by atoms with Gasteiger partial charge in [0, 0.05) is 39.0 Å². The maximum absolute atomic E-state index is 5.05. The fraction of sp³-hybridized carbons (Fsp3) is 0.692. The summed E-state index contributed by atoms with van der Waals surface area (Å²) in [6.07, 6.45) is 7.21. The quantitative estimate of drug-likeness (QED) is 0.765. The molecule has 0 aliphatic carbocycles. The van der Waals surface area contributed by atoms with Crippen molar-refractivity contribution >= 4 is 5.82 Å². The fourth-order valence-corrected chi connectivity index (χ4v) is 2.41. The second-order valence-corrected chi connectivity index (χ2v) is 4.61. The van der Waals surface area contributed by atoms with Crippen molar-refractivity contribution in [3.8, 4) is 0 Å². The van der Waals surface area contributed by atoms with Crippen molar-refractivity contribution in [2.75, 3.05) is 38.3 Å². The summed E-state index contributed by atoms with van der Waals surface area (Å²) < 4.78 is 5.05. The van der Waals surface area contributed by atoms with Gasteiger partial charge in [-0.1, -0.05) is 0 Å². The Morgan fingerprint density at radius 3 is 3.22 bits per heavy atom. The zero-order valence-corrected chi connectivity index (χ0v) is 11.0. The minimum Gasteiger partial charge on any atom is -0.383 e. The summed E-state index contributed by atoms with van der Waals surface area (Å²) in [4.78, 5) is 10.7. The maximum atomic E-state index is 5.05. The normalized spacial score (nSPS) is 20.1. The first kappa shape index (κ1) is 13.2. The molecule has 1 atom stereocenters. The van der Waals surface area contributed by atoms with E-state index in [4.69, 9.17) is 4.74 Å². The molecule has 0 aromatic carbocycles. The van der Waals surface area contributed by atoms with E-state index in [-0.39, 0.29) is 0 Å². The summed E-state index contributed by atoms with van der Waals surface area (Å²) in [6, 6.07) is 2.53. The first-order chi connectivity index (χ1) is 8.92. The van der Waals surface area contributed by atoms with Gasteiger partial charge in [0.05, 0.1) is 6.61 Å². The van der Waals surface area contributed by atoms with E-state index < -0.39 is 0 Å². The highest BCUT2D eigenvalue weighted by molar-refractivity contribution is 5.38. The minimum absolute atomic E-state index is 0.533. The molecular weight excluding hydrogens is 228 g/mol. The zero-order valence-electron chi connectivity index (χ0n) is 11.0. The molecule has 2 heterocycles. The van der Waals surface area contributed by atoms with Crippen molar-refractivity contribution in [1.29, 1.82) is 0 Å². The molecule has 100 valence electrons. The van der Waals surface area contributed by atoms with Crippen LogP contribution in [0.3, 0.4) is 0 Å². The number of hydrogen-bond acceptors (Lipinski definition) is 5. The van der Waals surface area contributed by atoms with E-state index in [0.29, 0.717) is 6.04 Å². The number of anilines is 1. The van der Waals surface area contributed by atoms with Gasteiger partial charge in [0.15, 0.2) is 0 Å². The van der Waals surface area contributed by atoms with E-state index in [0.717, 1.165) is 32.1 Å². The van der Waals surface area contributed by atoms with Crippen LogP contribution in [0, 0.1) is 0 Å². The molecule has 1 aliphatic heterocycles. The molecule has 1 N–H and O–H groups in total. The second kappa shape index (κ2) is 7.28. The molecule has 1 fully saturated rings. The van der Waals surface area contributed by atoms with Gasteiger partial charge in [-0.25, -0.2) is 9.97 Å². The number of rotatable bonds is 6. The SMILES string of the molecule is COCCNCC1CCCCN1c1ccncn1. The van der Waals surface area contributed by atoms with Crippen molar-refractivity contribution in [2.45, 2.75) is 25.3 Å². The van der Waals surface area contributed by atoms with Gasteiger partial charge in [0.25, 0.3) is 0 Å². The van der Waals surface area contributed by atoms with Crippen molar-refractivity contribution in [3.63, 3.8) is 0 Å². The summed E-state index contributed by atoms with van der Waals surface area (Å²) >= 11 is 0. The van der Waals surface area contributed by atoms with Gasteiger partial charge in [0.2, 0.25) is 0 Å². The molecule has 5 nitrogen and oxygen atoms in total. The zero-order chi connectivity index (χ0) is 12.6. The predicted molar refractivity (Wildman–Crippen MR) is 71.8 cm³/mol. The number of methoxy groups -OCH3 is 1. The molecule has 18 heavy (non-hydrogen) atoms. The monoisotopic (exact) mass is 250 g/mol. The maximum Gasteiger partial charge on any atom is 0.132 e. The largest absolute Gasteiger partial charge is 0.383 e. The Morgan fingerprint density at radius 1 is 1.50 bits per heavy atom. The fourth-order valence-electron chi connectivity index (χ4n) is 2.41. The van der Waals surface area contributed by atoms with E-state index in [1.807, 2.05) is 12.3 Å². The predicted octanol–water partition coefficient (Wildman–Crippen LogP) is 1.07. The highest BCUT2D eigenvalue weighted by atomic mass is 16.5. The number of nitrogens with one attached hydrogen (secondary N) is 1. The number of aromatic nitrogens is 2. The lowest BCUT2D eigenvalue weighted by Crippen LogP contribution is -2.46. The molecule has 0 amide bonds. The summed E-state index contributed by atoms with van der Waals surface area (Å²) in [5.41, 5.74) is 0. The first-order valence-corrected chi connectivity index (χ1v) is 6.64. The van der Waals surface area contributed by atoms with Gasteiger partial charge in [0.1, 0.15) is 12.1 Å². The molecule has 0 radical (unpaired) electrons. The summed E-state index contributed by atoms with van der Waals surface area (Å²) in [5, 5.41) is 3.45. The molecule has 0 spiro atoms. The van der Waals surface area contributed by atoms with Crippen LogP contribution in [-0.4, -0.2) is 49.4 Å². The van der Waals surface area contributed by atoms with Crippen LogP contribution in [-0.2, 0) is 4.74 Å². The van der Waals surface area contributed by atoms with E-state index >= 15 is 0 Å². The Bertz CT molecular complexity index is 333. The number of hydrogen-bond donors (Lipinski definition) is 1. The average molecular weight is 250 g/mol. The highest BCUT2D eigenvalue weighted by Gasteiger charge is 2.22. The Kier molecular flexibility index (Phi) is 5.36. The molecule has 2 rings (SSSR count). The lowest BCUT2D eigenvalue weighted by Gasteiger charge is -2.36. The van der Waals surface area contributed by atoms with Gasteiger partial charge >= 0.3 is 0 Å². The van der Waals surface area contributed by atoms with E-state index in [2.05, 4.69) is 20.2 Å². The lowest BCUT2D eigenvalue weighted by molar-refractivity contribution is 0.198. The lowest BCUT2D eigenvalue weighted by atomic mass is 10.0. The summed E-state index contributed by atoms with van der Waals surface area (Å²) in [7, 11) is 1.73.